The SMILES string of the molecule is COc1cc(Cl)cc(C(=O)N2C[C@@H](N)[C@H](C3CC3)C2)c1. The van der Waals surface area contributed by atoms with Crippen molar-refractivity contribution in [3.8, 4) is 5.75 Å². The number of halogens is 1. The van der Waals surface area contributed by atoms with Crippen LogP contribution in [0.1, 0.15) is 23.2 Å². The number of benzene rings is 1. The number of hydrogen-bond acceptors (Lipinski definition) is 3. The highest BCUT2D eigenvalue weighted by atomic mass is 35.5. The minimum absolute atomic E-state index is 0.00981. The van der Waals surface area contributed by atoms with E-state index in [4.69, 9.17) is 22.1 Å². The highest BCUT2D eigenvalue weighted by Gasteiger charge is 2.42. The van der Waals surface area contributed by atoms with Crippen molar-refractivity contribution < 1.29 is 9.53 Å². The molecule has 2 aliphatic rings. The van der Waals surface area contributed by atoms with Gasteiger partial charge >= 0.3 is 0 Å². The van der Waals surface area contributed by atoms with E-state index in [-0.39, 0.29) is 11.9 Å². The van der Waals surface area contributed by atoms with Crippen LogP contribution in [0.5, 0.6) is 5.75 Å². The highest BCUT2D eigenvalue weighted by Crippen LogP contribution is 2.41. The van der Waals surface area contributed by atoms with E-state index in [1.54, 1.807) is 25.3 Å². The summed E-state index contributed by atoms with van der Waals surface area (Å²) in [5, 5.41) is 0.509. The first-order valence-electron chi connectivity index (χ1n) is 6.98. The van der Waals surface area contributed by atoms with Crippen LogP contribution in [0, 0.1) is 11.8 Å². The van der Waals surface area contributed by atoms with E-state index in [0.717, 1.165) is 12.5 Å². The molecule has 2 fully saturated rings. The van der Waals surface area contributed by atoms with Crippen molar-refractivity contribution in [1.82, 2.24) is 4.90 Å². The molecule has 1 amide bonds. The third-order valence-corrected chi connectivity index (χ3v) is 4.50. The van der Waals surface area contributed by atoms with Gasteiger partial charge in [0.05, 0.1) is 7.11 Å². The zero-order chi connectivity index (χ0) is 14.3. The Morgan fingerprint density at radius 2 is 2.10 bits per heavy atom. The third kappa shape index (κ3) is 2.63. The largest absolute Gasteiger partial charge is 0.497 e. The maximum absolute atomic E-state index is 12.6. The average Bonchev–Trinajstić information content (AvgIpc) is 3.20. The molecule has 0 radical (unpaired) electrons. The molecule has 1 heterocycles. The van der Waals surface area contributed by atoms with Gasteiger partial charge in [-0.2, -0.15) is 0 Å². The zero-order valence-corrected chi connectivity index (χ0v) is 12.3. The molecule has 108 valence electrons. The molecule has 1 saturated heterocycles. The Morgan fingerprint density at radius 1 is 1.35 bits per heavy atom. The summed E-state index contributed by atoms with van der Waals surface area (Å²) in [6.07, 6.45) is 2.51. The van der Waals surface area contributed by atoms with E-state index < -0.39 is 0 Å². The van der Waals surface area contributed by atoms with Crippen LogP contribution < -0.4 is 10.5 Å². The van der Waals surface area contributed by atoms with Gasteiger partial charge in [-0.05, 0) is 42.9 Å². The molecule has 0 aromatic heterocycles. The highest BCUT2D eigenvalue weighted by molar-refractivity contribution is 6.31. The number of methoxy groups -OCH3 is 1. The minimum atomic E-state index is -0.00981. The van der Waals surface area contributed by atoms with Gasteiger partial charge in [-0.25, -0.2) is 0 Å². The molecule has 3 rings (SSSR count). The Hall–Kier alpha value is -1.26. The van der Waals surface area contributed by atoms with E-state index >= 15 is 0 Å². The first kappa shape index (κ1) is 13.7. The lowest BCUT2D eigenvalue weighted by Crippen LogP contribution is -2.32. The van der Waals surface area contributed by atoms with Gasteiger partial charge < -0.3 is 15.4 Å². The third-order valence-electron chi connectivity index (χ3n) is 4.28. The minimum Gasteiger partial charge on any atom is -0.497 e. The molecule has 0 unspecified atom stereocenters. The summed E-state index contributed by atoms with van der Waals surface area (Å²) in [5.41, 5.74) is 6.74. The predicted octanol–water partition coefficient (Wildman–Crippen LogP) is 2.16. The van der Waals surface area contributed by atoms with E-state index in [1.807, 2.05) is 4.90 Å². The number of rotatable bonds is 3. The lowest BCUT2D eigenvalue weighted by Gasteiger charge is -2.17. The molecule has 4 nitrogen and oxygen atoms in total. The molecular weight excluding hydrogens is 276 g/mol. The van der Waals surface area contributed by atoms with E-state index in [9.17, 15) is 4.79 Å². The fourth-order valence-electron chi connectivity index (χ4n) is 3.03. The normalized spacial score (nSPS) is 25.9. The summed E-state index contributed by atoms with van der Waals surface area (Å²) in [5.74, 6) is 1.77. The maximum atomic E-state index is 12.6. The van der Waals surface area contributed by atoms with Gasteiger partial charge in [0, 0.05) is 29.7 Å². The molecule has 1 aliphatic carbocycles. The lowest BCUT2D eigenvalue weighted by atomic mass is 9.99. The van der Waals surface area contributed by atoms with E-state index in [1.165, 1.54) is 12.8 Å². The van der Waals surface area contributed by atoms with Crippen LogP contribution in [0.15, 0.2) is 18.2 Å². The Morgan fingerprint density at radius 3 is 2.75 bits per heavy atom. The van der Waals surface area contributed by atoms with Crippen molar-refractivity contribution in [3.05, 3.63) is 28.8 Å². The molecule has 2 N–H and O–H groups in total. The average molecular weight is 295 g/mol. The van der Waals surface area contributed by atoms with Crippen molar-refractivity contribution in [2.24, 2.45) is 17.6 Å². The van der Waals surface area contributed by atoms with Crippen LogP contribution in [0.25, 0.3) is 0 Å². The van der Waals surface area contributed by atoms with E-state index in [0.29, 0.717) is 28.8 Å². The van der Waals surface area contributed by atoms with Gasteiger partial charge in [-0.1, -0.05) is 11.6 Å². The topological polar surface area (TPSA) is 55.6 Å². The molecule has 1 aromatic rings. The molecule has 0 bridgehead atoms. The molecule has 2 atom stereocenters. The Kier molecular flexibility index (Phi) is 3.61. The molecule has 1 saturated carbocycles. The van der Waals surface area contributed by atoms with Crippen molar-refractivity contribution in [2.75, 3.05) is 20.2 Å². The smallest absolute Gasteiger partial charge is 0.254 e. The zero-order valence-electron chi connectivity index (χ0n) is 11.5. The number of carbonyl (C=O) groups excluding carboxylic acids is 1. The van der Waals surface area contributed by atoms with E-state index in [2.05, 4.69) is 0 Å². The summed E-state index contributed by atoms with van der Waals surface area (Å²) < 4.78 is 5.16. The first-order valence-corrected chi connectivity index (χ1v) is 7.35. The second-order valence-corrected chi connectivity index (χ2v) is 6.19. The number of likely N-dealkylation sites (tertiary alicyclic amines) is 1. The van der Waals surface area contributed by atoms with Crippen LogP contribution in [-0.2, 0) is 0 Å². The fraction of sp³-hybridized carbons (Fsp3) is 0.533. The Bertz CT molecular complexity index is 531. The molecule has 20 heavy (non-hydrogen) atoms. The summed E-state index contributed by atoms with van der Waals surface area (Å²) in [4.78, 5) is 14.4. The van der Waals surface area contributed by atoms with Crippen molar-refractivity contribution in [2.45, 2.75) is 18.9 Å². The predicted molar refractivity (Wildman–Crippen MR) is 78.1 cm³/mol. The summed E-state index contributed by atoms with van der Waals surface area (Å²) in [6, 6.07) is 5.21. The van der Waals surface area contributed by atoms with Gasteiger partial charge in [0.25, 0.3) is 5.91 Å². The Labute approximate surface area is 123 Å². The second-order valence-electron chi connectivity index (χ2n) is 5.76. The number of amides is 1. The molecule has 1 aliphatic heterocycles. The number of carbonyl (C=O) groups is 1. The van der Waals surface area contributed by atoms with Gasteiger partial charge in [-0.3, -0.25) is 4.79 Å². The number of nitrogens with two attached hydrogens (primary N) is 1. The van der Waals surface area contributed by atoms with Crippen LogP contribution in [-0.4, -0.2) is 37.0 Å². The first-order chi connectivity index (χ1) is 9.58. The Balaban J connectivity index is 1.77. The molecule has 1 aromatic carbocycles. The van der Waals surface area contributed by atoms with Gasteiger partial charge in [0.15, 0.2) is 0 Å². The maximum Gasteiger partial charge on any atom is 0.254 e. The summed E-state index contributed by atoms with van der Waals surface area (Å²) in [7, 11) is 1.56. The van der Waals surface area contributed by atoms with Crippen LogP contribution in [0.4, 0.5) is 0 Å². The van der Waals surface area contributed by atoms with Crippen LogP contribution in [0.2, 0.25) is 5.02 Å². The van der Waals surface area contributed by atoms with Gasteiger partial charge in [0.2, 0.25) is 0 Å². The number of nitrogens with zero attached hydrogens (tertiary/aromatic N) is 1. The van der Waals surface area contributed by atoms with Crippen molar-refractivity contribution in [3.63, 3.8) is 0 Å². The van der Waals surface area contributed by atoms with Gasteiger partial charge in [0.1, 0.15) is 5.75 Å². The summed E-state index contributed by atoms with van der Waals surface area (Å²) >= 11 is 6.02. The van der Waals surface area contributed by atoms with Crippen LogP contribution >= 0.6 is 11.6 Å². The molecule has 5 heteroatoms. The molecular formula is C15H19ClN2O2. The molecule has 0 spiro atoms. The number of hydrogen-bond donors (Lipinski definition) is 1. The van der Waals surface area contributed by atoms with Crippen LogP contribution in [0.3, 0.4) is 0 Å². The summed E-state index contributed by atoms with van der Waals surface area (Å²) in [6.45, 7) is 1.40. The standard InChI is InChI=1S/C15H19ClN2O2/c1-20-12-5-10(4-11(16)6-12)15(19)18-7-13(9-2-3-9)14(17)8-18/h4-6,9,13-14H,2-3,7-8,17H2,1H3/t13-,14+/m0/s1. The second kappa shape index (κ2) is 5.26. The lowest BCUT2D eigenvalue weighted by molar-refractivity contribution is 0.0784. The van der Waals surface area contributed by atoms with Crippen molar-refractivity contribution >= 4 is 17.5 Å². The van der Waals surface area contributed by atoms with Gasteiger partial charge in [-0.15, -0.1) is 0 Å². The quantitative estimate of drug-likeness (QED) is 0.929. The fourth-order valence-corrected chi connectivity index (χ4v) is 3.25. The van der Waals surface area contributed by atoms with Crippen molar-refractivity contribution in [1.29, 1.82) is 0 Å². The number of ether oxygens (including phenoxy) is 1. The monoisotopic (exact) mass is 294 g/mol.